The van der Waals surface area contributed by atoms with Crippen molar-refractivity contribution in [2.24, 2.45) is 0 Å². The van der Waals surface area contributed by atoms with E-state index in [1.807, 2.05) is 0 Å². The fraction of sp³-hybridized carbons (Fsp3) is 0.150. The Morgan fingerprint density at radius 3 is 2.40 bits per heavy atom. The van der Waals surface area contributed by atoms with Gasteiger partial charge in [0.15, 0.2) is 17.2 Å². The second kappa shape index (κ2) is 7.32. The van der Waals surface area contributed by atoms with Gasteiger partial charge in [0, 0.05) is 11.5 Å². The number of hydrogen-bond donors (Lipinski definition) is 2. The van der Waals surface area contributed by atoms with Crippen molar-refractivity contribution in [1.29, 1.82) is 0 Å². The maximum absolute atomic E-state index is 12.8. The highest BCUT2D eigenvalue weighted by Gasteiger charge is 2.17. The van der Waals surface area contributed by atoms with Gasteiger partial charge >= 0.3 is 5.97 Å². The summed E-state index contributed by atoms with van der Waals surface area (Å²) in [7, 11) is 2.92. The van der Waals surface area contributed by atoms with Crippen LogP contribution in [0.25, 0.3) is 21.7 Å². The van der Waals surface area contributed by atoms with Gasteiger partial charge in [0.05, 0.1) is 30.5 Å². The fourth-order valence-electron chi connectivity index (χ4n) is 3.23. The molecule has 0 aliphatic rings. The zero-order valence-electron chi connectivity index (χ0n) is 16.0. The van der Waals surface area contributed by atoms with Crippen molar-refractivity contribution in [3.63, 3.8) is 0 Å². The van der Waals surface area contributed by atoms with Gasteiger partial charge in [-0.2, -0.15) is 5.10 Å². The Labute approximate surface area is 168 Å². The van der Waals surface area contributed by atoms with Gasteiger partial charge in [-0.15, -0.1) is 0 Å². The fourth-order valence-corrected chi connectivity index (χ4v) is 3.23. The van der Waals surface area contributed by atoms with Gasteiger partial charge in [0.2, 0.25) is 0 Å². The normalized spacial score (nSPS) is 11.0. The molecule has 0 radical (unpaired) electrons. The number of rotatable bonds is 5. The molecule has 0 aliphatic carbocycles. The molecule has 0 spiro atoms. The molecule has 0 fully saturated rings. The third-order valence-corrected chi connectivity index (χ3v) is 4.63. The summed E-state index contributed by atoms with van der Waals surface area (Å²) in [6.07, 6.45) is 0. The number of carboxylic acid groups (broad SMARTS) is 1. The summed E-state index contributed by atoms with van der Waals surface area (Å²) in [5, 5.41) is 14.2. The zero-order valence-corrected chi connectivity index (χ0v) is 16.0. The third-order valence-electron chi connectivity index (χ3n) is 4.63. The number of fused-ring (bicyclic) bond motifs is 2. The number of benzene rings is 2. The van der Waals surface area contributed by atoms with Crippen LogP contribution >= 0.6 is 0 Å². The van der Waals surface area contributed by atoms with E-state index in [4.69, 9.17) is 9.47 Å². The molecule has 2 aromatic carbocycles. The largest absolute Gasteiger partial charge is 0.493 e. The van der Waals surface area contributed by atoms with Crippen molar-refractivity contribution in [2.75, 3.05) is 14.2 Å². The highest BCUT2D eigenvalue weighted by molar-refractivity contribution is 6.01. The highest BCUT2D eigenvalue weighted by atomic mass is 16.5. The van der Waals surface area contributed by atoms with Crippen LogP contribution in [0.2, 0.25) is 0 Å². The van der Waals surface area contributed by atoms with Crippen molar-refractivity contribution in [3.05, 3.63) is 68.6 Å². The standard InChI is InChI=1S/C20H16N4O6/c1-29-14-7-12-13(8-15(14)30-2)21-16(22-18(12)25)9-24-19(26)11-6-4-3-5-10(11)17(23-24)20(27)28/h3-8H,9H2,1-2H3,(H,27,28)(H,21,22,25). The number of nitrogens with zero attached hydrogens (tertiary/aromatic N) is 3. The molecular formula is C20H16N4O6. The summed E-state index contributed by atoms with van der Waals surface area (Å²) in [5.74, 6) is -0.357. The SMILES string of the molecule is COc1cc2nc(Cn3nc(C(=O)O)c4ccccc4c3=O)[nH]c(=O)c2cc1OC. The van der Waals surface area contributed by atoms with E-state index in [9.17, 15) is 19.5 Å². The second-order valence-corrected chi connectivity index (χ2v) is 6.40. The van der Waals surface area contributed by atoms with E-state index in [0.29, 0.717) is 17.0 Å². The smallest absolute Gasteiger partial charge is 0.357 e. The van der Waals surface area contributed by atoms with Gasteiger partial charge in [-0.3, -0.25) is 9.59 Å². The Bertz CT molecular complexity index is 1420. The number of methoxy groups -OCH3 is 2. The summed E-state index contributed by atoms with van der Waals surface area (Å²) in [6, 6.07) is 9.36. The van der Waals surface area contributed by atoms with E-state index >= 15 is 0 Å². The quantitative estimate of drug-likeness (QED) is 0.506. The monoisotopic (exact) mass is 408 g/mol. The number of aromatic carboxylic acids is 1. The Morgan fingerprint density at radius 2 is 1.73 bits per heavy atom. The van der Waals surface area contributed by atoms with E-state index in [1.165, 1.54) is 32.4 Å². The summed E-state index contributed by atoms with van der Waals surface area (Å²) < 4.78 is 11.4. The lowest BCUT2D eigenvalue weighted by atomic mass is 10.1. The first kappa shape index (κ1) is 19.1. The first-order valence-electron chi connectivity index (χ1n) is 8.81. The Balaban J connectivity index is 1.88. The molecule has 30 heavy (non-hydrogen) atoms. The van der Waals surface area contributed by atoms with Crippen LogP contribution in [0.3, 0.4) is 0 Å². The molecule has 0 amide bonds. The minimum Gasteiger partial charge on any atom is -0.493 e. The molecule has 0 saturated heterocycles. The molecule has 4 rings (SSSR count). The van der Waals surface area contributed by atoms with E-state index in [0.717, 1.165) is 4.68 Å². The lowest BCUT2D eigenvalue weighted by Crippen LogP contribution is -2.28. The van der Waals surface area contributed by atoms with E-state index in [-0.39, 0.29) is 34.2 Å². The average Bonchev–Trinajstić information content (AvgIpc) is 2.74. The summed E-state index contributed by atoms with van der Waals surface area (Å²) in [6.45, 7) is -0.219. The minimum absolute atomic E-state index is 0.140. The predicted molar refractivity (Wildman–Crippen MR) is 108 cm³/mol. The first-order chi connectivity index (χ1) is 14.4. The van der Waals surface area contributed by atoms with E-state index in [2.05, 4.69) is 15.1 Å². The molecular weight excluding hydrogens is 392 g/mol. The predicted octanol–water partition coefficient (Wildman–Crippen LogP) is 1.40. The van der Waals surface area contributed by atoms with Crippen LogP contribution < -0.4 is 20.6 Å². The Morgan fingerprint density at radius 1 is 1.07 bits per heavy atom. The van der Waals surface area contributed by atoms with Crippen LogP contribution in [0.5, 0.6) is 11.5 Å². The van der Waals surface area contributed by atoms with Crippen molar-refractivity contribution in [1.82, 2.24) is 19.7 Å². The van der Waals surface area contributed by atoms with Gasteiger partial charge in [-0.25, -0.2) is 14.5 Å². The number of hydrogen-bond acceptors (Lipinski definition) is 7. The van der Waals surface area contributed by atoms with E-state index in [1.54, 1.807) is 18.2 Å². The topological polar surface area (TPSA) is 136 Å². The Hall–Kier alpha value is -4.21. The van der Waals surface area contributed by atoms with Crippen molar-refractivity contribution < 1.29 is 19.4 Å². The van der Waals surface area contributed by atoms with Gasteiger partial charge in [-0.1, -0.05) is 18.2 Å². The van der Waals surface area contributed by atoms with Crippen LogP contribution in [0.4, 0.5) is 0 Å². The molecule has 10 heteroatoms. The number of nitrogens with one attached hydrogen (secondary N) is 1. The van der Waals surface area contributed by atoms with Crippen LogP contribution in [0, 0.1) is 0 Å². The lowest BCUT2D eigenvalue weighted by molar-refractivity contribution is 0.0690. The molecule has 0 bridgehead atoms. The number of aromatic nitrogens is 4. The van der Waals surface area contributed by atoms with Crippen molar-refractivity contribution in [2.45, 2.75) is 6.54 Å². The van der Waals surface area contributed by atoms with Crippen LogP contribution in [0.15, 0.2) is 46.0 Å². The average molecular weight is 408 g/mol. The van der Waals surface area contributed by atoms with Crippen molar-refractivity contribution in [3.8, 4) is 11.5 Å². The van der Waals surface area contributed by atoms with Gasteiger partial charge < -0.3 is 19.6 Å². The molecule has 0 unspecified atom stereocenters. The van der Waals surface area contributed by atoms with Crippen molar-refractivity contribution >= 4 is 27.6 Å². The third kappa shape index (κ3) is 3.13. The zero-order chi connectivity index (χ0) is 21.4. The molecule has 2 heterocycles. The molecule has 10 nitrogen and oxygen atoms in total. The summed E-state index contributed by atoms with van der Waals surface area (Å²) in [4.78, 5) is 43.9. The van der Waals surface area contributed by atoms with E-state index < -0.39 is 17.1 Å². The maximum Gasteiger partial charge on any atom is 0.357 e. The number of H-pyrrole nitrogens is 1. The molecule has 0 atom stereocenters. The molecule has 2 aromatic heterocycles. The van der Waals surface area contributed by atoms with Gasteiger partial charge in [0.25, 0.3) is 11.1 Å². The summed E-state index contributed by atoms with van der Waals surface area (Å²) in [5.41, 5.74) is -0.868. The number of carbonyl (C=O) groups is 1. The van der Waals surface area contributed by atoms with Crippen LogP contribution in [-0.4, -0.2) is 45.0 Å². The summed E-state index contributed by atoms with van der Waals surface area (Å²) >= 11 is 0. The van der Waals surface area contributed by atoms with Gasteiger partial charge in [0.1, 0.15) is 12.4 Å². The second-order valence-electron chi connectivity index (χ2n) is 6.40. The molecule has 0 saturated carbocycles. The molecule has 2 N–H and O–H groups in total. The highest BCUT2D eigenvalue weighted by Crippen LogP contribution is 2.29. The molecule has 152 valence electrons. The van der Waals surface area contributed by atoms with Gasteiger partial charge in [-0.05, 0) is 12.1 Å². The van der Waals surface area contributed by atoms with Crippen LogP contribution in [-0.2, 0) is 6.54 Å². The van der Waals surface area contributed by atoms with Crippen LogP contribution in [0.1, 0.15) is 16.3 Å². The molecule has 4 aromatic rings. The minimum atomic E-state index is -1.27. The Kier molecular flexibility index (Phi) is 4.66. The lowest BCUT2D eigenvalue weighted by Gasteiger charge is -2.11. The molecule has 0 aliphatic heterocycles. The number of aromatic amines is 1. The maximum atomic E-state index is 12.8. The number of ether oxygens (including phenoxy) is 2. The first-order valence-corrected chi connectivity index (χ1v) is 8.81. The number of carboxylic acids is 1.